The molecule has 6 nitrogen and oxygen atoms in total. The zero-order chi connectivity index (χ0) is 12.0. The Kier molecular flexibility index (Phi) is 5.65. The van der Waals surface area contributed by atoms with Crippen molar-refractivity contribution < 1.29 is 19.9 Å². The molecule has 15 heavy (non-hydrogen) atoms. The van der Waals surface area contributed by atoms with Crippen LogP contribution in [0.4, 0.5) is 5.69 Å². The first-order valence-electron chi connectivity index (χ1n) is 3.70. The second-order valence-corrected chi connectivity index (χ2v) is 3.37. The second kappa shape index (κ2) is 6.20. The molecule has 0 aliphatic carbocycles. The number of halogens is 1. The number of benzene rings is 1. The maximum absolute atomic E-state index is 10.2. The highest BCUT2D eigenvalue weighted by atomic mass is 79.9. The molecule has 0 spiro atoms. The summed E-state index contributed by atoms with van der Waals surface area (Å²) < 4.78 is 4.59. The highest BCUT2D eigenvalue weighted by molar-refractivity contribution is 9.10. The maximum Gasteiger partial charge on any atom is 0.315 e. The number of nitro benzene ring substituents is 1. The molecule has 0 bridgehead atoms. The van der Waals surface area contributed by atoms with Gasteiger partial charge in [-0.3, -0.25) is 10.1 Å². The molecule has 0 heterocycles. The molecule has 0 saturated carbocycles. The molecule has 1 aromatic carbocycles. The van der Waals surface area contributed by atoms with E-state index >= 15 is 0 Å². The molecule has 0 unspecified atom stereocenters. The van der Waals surface area contributed by atoms with Crippen LogP contribution in [0, 0.1) is 10.1 Å². The number of rotatable bonds is 1. The predicted molar refractivity (Wildman–Crippen MR) is 57.1 cm³/mol. The fourth-order valence-electron chi connectivity index (χ4n) is 0.710. The lowest BCUT2D eigenvalue weighted by Gasteiger charge is -1.98. The first-order valence-corrected chi connectivity index (χ1v) is 4.49. The third-order valence-corrected chi connectivity index (χ3v) is 1.69. The highest BCUT2D eigenvalue weighted by Gasteiger charge is 2.17. The Morgan fingerprint density at radius 2 is 1.87 bits per heavy atom. The van der Waals surface area contributed by atoms with E-state index in [1.54, 1.807) is 14.2 Å². The normalized spacial score (nSPS) is 9.00. The monoisotopic (exact) mass is 279 g/mol. The van der Waals surface area contributed by atoms with E-state index in [2.05, 4.69) is 20.7 Å². The maximum atomic E-state index is 10.2. The summed E-state index contributed by atoms with van der Waals surface area (Å²) in [5, 5.41) is 28.2. The minimum absolute atomic E-state index is 0.338. The van der Waals surface area contributed by atoms with Crippen LogP contribution in [0.5, 0.6) is 11.5 Å². The highest BCUT2D eigenvalue weighted by Crippen LogP contribution is 2.37. The summed E-state index contributed by atoms with van der Waals surface area (Å²) in [7, 11) is 3.25. The molecular formula is C8H10BrNO5. The smallest absolute Gasteiger partial charge is 0.315 e. The summed E-state index contributed by atoms with van der Waals surface area (Å²) in [6.45, 7) is 0. The summed E-state index contributed by atoms with van der Waals surface area (Å²) in [5.41, 5.74) is -0.526. The van der Waals surface area contributed by atoms with Crippen molar-refractivity contribution in [2.75, 3.05) is 14.2 Å². The predicted octanol–water partition coefficient (Wildman–Crippen LogP) is 2.03. The lowest BCUT2D eigenvalue weighted by molar-refractivity contribution is -0.386. The van der Waals surface area contributed by atoms with Crippen molar-refractivity contribution in [2.24, 2.45) is 0 Å². The number of ether oxygens (including phenoxy) is 1. The average Bonchev–Trinajstić information content (AvgIpc) is 2.12. The number of hydrogen-bond acceptors (Lipinski definition) is 5. The molecule has 1 rings (SSSR count). The summed E-state index contributed by atoms with van der Waals surface area (Å²) in [6.07, 6.45) is 0. The number of phenolic OH excluding ortho intramolecular Hbond substituents is 2. The SMILES string of the molecule is COC.O=[N+]([O-])c1cc(Br)cc(O)c1O. The molecule has 0 saturated heterocycles. The fraction of sp³-hybridized carbons (Fsp3) is 0.250. The van der Waals surface area contributed by atoms with Crippen LogP contribution in [0.15, 0.2) is 16.6 Å². The van der Waals surface area contributed by atoms with Gasteiger partial charge >= 0.3 is 5.69 Å². The van der Waals surface area contributed by atoms with E-state index in [4.69, 9.17) is 10.2 Å². The van der Waals surface area contributed by atoms with Gasteiger partial charge in [0.25, 0.3) is 0 Å². The Labute approximate surface area is 94.4 Å². The number of phenols is 2. The molecule has 0 aliphatic heterocycles. The summed E-state index contributed by atoms with van der Waals surface area (Å²) >= 11 is 2.94. The van der Waals surface area contributed by atoms with Crippen molar-refractivity contribution in [2.45, 2.75) is 0 Å². The van der Waals surface area contributed by atoms with E-state index in [0.29, 0.717) is 4.47 Å². The van der Waals surface area contributed by atoms with Crippen LogP contribution in [-0.4, -0.2) is 29.4 Å². The molecule has 0 amide bonds. The van der Waals surface area contributed by atoms with Gasteiger partial charge in [-0.2, -0.15) is 0 Å². The topological polar surface area (TPSA) is 92.8 Å². The second-order valence-electron chi connectivity index (χ2n) is 2.46. The Balaban J connectivity index is 0.000000583. The number of nitrogens with zero attached hydrogens (tertiary/aromatic N) is 1. The average molecular weight is 280 g/mol. The minimum Gasteiger partial charge on any atom is -0.504 e. The van der Waals surface area contributed by atoms with Crippen LogP contribution < -0.4 is 0 Å². The van der Waals surface area contributed by atoms with Gasteiger partial charge < -0.3 is 14.9 Å². The molecule has 7 heteroatoms. The van der Waals surface area contributed by atoms with Gasteiger partial charge in [0.15, 0.2) is 5.75 Å². The largest absolute Gasteiger partial charge is 0.504 e. The Morgan fingerprint density at radius 1 is 1.40 bits per heavy atom. The van der Waals surface area contributed by atoms with Gasteiger partial charge in [-0.15, -0.1) is 0 Å². The van der Waals surface area contributed by atoms with Crippen LogP contribution in [0.2, 0.25) is 0 Å². The summed E-state index contributed by atoms with van der Waals surface area (Å²) in [6, 6.07) is 2.28. The molecule has 0 atom stereocenters. The molecule has 0 aliphatic rings. The van der Waals surface area contributed by atoms with Crippen LogP contribution in [-0.2, 0) is 4.74 Å². The Bertz CT molecular complexity index is 355. The first kappa shape index (κ1) is 13.7. The van der Waals surface area contributed by atoms with E-state index in [9.17, 15) is 10.1 Å². The zero-order valence-electron chi connectivity index (χ0n) is 8.10. The number of aromatic hydroxyl groups is 2. The molecular weight excluding hydrogens is 270 g/mol. The van der Waals surface area contributed by atoms with E-state index in [1.807, 2.05) is 0 Å². The van der Waals surface area contributed by atoms with Crippen molar-refractivity contribution in [1.29, 1.82) is 0 Å². The Morgan fingerprint density at radius 3 is 2.27 bits per heavy atom. The van der Waals surface area contributed by atoms with Gasteiger partial charge in [-0.05, 0) is 6.07 Å². The van der Waals surface area contributed by atoms with Crippen molar-refractivity contribution in [3.05, 3.63) is 26.7 Å². The quantitative estimate of drug-likeness (QED) is 0.466. The number of methoxy groups -OCH3 is 1. The van der Waals surface area contributed by atoms with Gasteiger partial charge in [0.2, 0.25) is 5.75 Å². The number of nitro groups is 1. The van der Waals surface area contributed by atoms with Gasteiger partial charge in [-0.1, -0.05) is 15.9 Å². The third kappa shape index (κ3) is 4.13. The van der Waals surface area contributed by atoms with Crippen molar-refractivity contribution in [3.8, 4) is 11.5 Å². The molecule has 2 N–H and O–H groups in total. The van der Waals surface area contributed by atoms with E-state index in [-0.39, 0.29) is 0 Å². The molecule has 1 aromatic rings. The molecule has 84 valence electrons. The van der Waals surface area contributed by atoms with Gasteiger partial charge in [-0.25, -0.2) is 0 Å². The standard InChI is InChI=1S/C6H4BrNO4.C2H6O/c7-3-1-4(8(11)12)6(10)5(9)2-3;1-3-2/h1-2,9-10H;1-2H3. The molecule has 0 radical (unpaired) electrons. The number of hydrogen-bond donors (Lipinski definition) is 2. The lowest BCUT2D eigenvalue weighted by atomic mass is 10.3. The molecule has 0 fully saturated rings. The van der Waals surface area contributed by atoms with E-state index in [0.717, 1.165) is 6.07 Å². The van der Waals surface area contributed by atoms with Gasteiger partial charge in [0.05, 0.1) is 4.92 Å². The first-order chi connectivity index (χ1) is 6.93. The summed E-state index contributed by atoms with van der Waals surface area (Å²) in [4.78, 5) is 9.46. The molecule has 0 aromatic heterocycles. The van der Waals surface area contributed by atoms with Crippen LogP contribution in [0.3, 0.4) is 0 Å². The van der Waals surface area contributed by atoms with E-state index < -0.39 is 22.1 Å². The lowest BCUT2D eigenvalue weighted by Crippen LogP contribution is -1.88. The van der Waals surface area contributed by atoms with Crippen LogP contribution >= 0.6 is 15.9 Å². The van der Waals surface area contributed by atoms with Crippen molar-refractivity contribution in [3.63, 3.8) is 0 Å². The van der Waals surface area contributed by atoms with Crippen LogP contribution in [0.25, 0.3) is 0 Å². The van der Waals surface area contributed by atoms with Crippen LogP contribution in [0.1, 0.15) is 0 Å². The fourth-order valence-corrected chi connectivity index (χ4v) is 1.14. The third-order valence-electron chi connectivity index (χ3n) is 1.23. The van der Waals surface area contributed by atoms with Crippen molar-refractivity contribution >= 4 is 21.6 Å². The van der Waals surface area contributed by atoms with Crippen molar-refractivity contribution in [1.82, 2.24) is 0 Å². The Hall–Kier alpha value is -1.34. The summed E-state index contributed by atoms with van der Waals surface area (Å²) in [5.74, 6) is -1.24. The van der Waals surface area contributed by atoms with E-state index in [1.165, 1.54) is 6.07 Å². The van der Waals surface area contributed by atoms with Gasteiger partial charge in [0.1, 0.15) is 0 Å². The minimum atomic E-state index is -0.778. The zero-order valence-corrected chi connectivity index (χ0v) is 9.69. The van der Waals surface area contributed by atoms with Gasteiger partial charge in [0, 0.05) is 24.8 Å².